The van der Waals surface area contributed by atoms with E-state index in [4.69, 9.17) is 2.74 Å². The molecule has 1 saturated carbocycles. The number of nitrogens with zero attached hydrogens (tertiary/aromatic N) is 1. The summed E-state index contributed by atoms with van der Waals surface area (Å²) in [7, 11) is 0. The van der Waals surface area contributed by atoms with Crippen LogP contribution in [0.25, 0.3) is 10.9 Å². The molecule has 1 fully saturated rings. The minimum atomic E-state index is -3.78. The number of rotatable bonds is 9. The first-order valence-electron chi connectivity index (χ1n) is 12.8. The first-order chi connectivity index (χ1) is 18.1. The van der Waals surface area contributed by atoms with Crippen LogP contribution in [0, 0.1) is 5.82 Å². The largest absolute Gasteiger partial charge is 0.586 e. The maximum absolute atomic E-state index is 15.4. The molecule has 3 aromatic rings. The molecule has 0 bridgehead atoms. The number of carbonyl (C=O) groups excluding carboxylic acids is 1. The van der Waals surface area contributed by atoms with Gasteiger partial charge < -0.3 is 29.4 Å². The van der Waals surface area contributed by atoms with Crippen LogP contribution >= 0.6 is 0 Å². The van der Waals surface area contributed by atoms with Gasteiger partial charge in [0.15, 0.2) is 11.5 Å². The van der Waals surface area contributed by atoms with E-state index < -0.39 is 42.1 Å². The molecule has 0 saturated heterocycles. The van der Waals surface area contributed by atoms with Crippen molar-refractivity contribution in [2.45, 2.75) is 62.9 Å². The SMILES string of the molecule is [2H]C([2H])(O)[C@H](O)Cn1c(C(C)(C)CO)cc2cc(CC(=O)C3(c4ccc5c(c4)OC(F)(F)O5)CC3)c(F)cc21. The molecule has 2 aromatic carbocycles. The number of fused-ring (bicyclic) bond motifs is 2. The number of ketones is 1. The summed E-state index contributed by atoms with van der Waals surface area (Å²) >= 11 is 0. The lowest BCUT2D eigenvalue weighted by molar-refractivity contribution is -0.286. The smallest absolute Gasteiger partial charge is 0.395 e. The van der Waals surface area contributed by atoms with Crippen LogP contribution in [-0.2, 0) is 28.6 Å². The third-order valence-electron chi connectivity index (χ3n) is 7.25. The fraction of sp³-hybridized carbons (Fsp3) is 0.444. The summed E-state index contributed by atoms with van der Waals surface area (Å²) in [5.74, 6) is -1.29. The number of aliphatic hydroxyl groups is 3. The molecule has 5 rings (SSSR count). The monoisotopic (exact) mass is 521 g/mol. The summed E-state index contributed by atoms with van der Waals surface area (Å²) in [6.45, 7) is -0.183. The molecule has 0 spiro atoms. The lowest BCUT2D eigenvalue weighted by Gasteiger charge is -2.25. The predicted molar refractivity (Wildman–Crippen MR) is 127 cm³/mol. The van der Waals surface area contributed by atoms with Crippen LogP contribution in [0.1, 0.15) is 46.3 Å². The van der Waals surface area contributed by atoms with Gasteiger partial charge >= 0.3 is 6.29 Å². The van der Waals surface area contributed by atoms with Gasteiger partial charge in [-0.1, -0.05) is 19.9 Å². The zero-order valence-electron chi connectivity index (χ0n) is 22.2. The van der Waals surface area contributed by atoms with Gasteiger partial charge in [-0.3, -0.25) is 4.79 Å². The standard InChI is InChI=1S/C27H28F3NO6/c1-25(2,14-33)23-8-16-7-15(19(28)11-20(16)31(23)12-18(34)13-32)9-24(35)26(5-6-26)17-3-4-21-22(10-17)37-27(29,30)36-21/h3-4,7-8,10-11,18,32-34H,5-6,9,12-14H2,1-2H3/t18-/m1/s1/i13D2. The Balaban J connectivity index is 1.47. The average Bonchev–Trinajstić information content (AvgIpc) is 3.49. The quantitative estimate of drug-likeness (QED) is 0.398. The number of carbonyl (C=O) groups is 1. The topological polar surface area (TPSA) is 101 Å². The van der Waals surface area contributed by atoms with Crippen molar-refractivity contribution in [3.05, 3.63) is 59.0 Å². The summed E-state index contributed by atoms with van der Waals surface area (Å²) in [5.41, 5.74) is -0.455. The van der Waals surface area contributed by atoms with E-state index in [1.807, 2.05) is 0 Å². The van der Waals surface area contributed by atoms with Gasteiger partial charge in [-0.2, -0.15) is 0 Å². The molecular formula is C27H28F3NO6. The van der Waals surface area contributed by atoms with E-state index in [1.54, 1.807) is 19.9 Å². The van der Waals surface area contributed by atoms with Crippen molar-refractivity contribution in [1.29, 1.82) is 0 Å². The number of benzene rings is 2. The number of hydrogen-bond donors (Lipinski definition) is 3. The Hall–Kier alpha value is -3.08. The van der Waals surface area contributed by atoms with E-state index in [1.165, 1.54) is 34.9 Å². The highest BCUT2D eigenvalue weighted by atomic mass is 19.3. The van der Waals surface area contributed by atoms with Gasteiger partial charge in [0.1, 0.15) is 11.6 Å². The fourth-order valence-electron chi connectivity index (χ4n) is 4.96. The summed E-state index contributed by atoms with van der Waals surface area (Å²) in [6, 6.07) is 8.55. The highest BCUT2D eigenvalue weighted by Gasteiger charge is 2.52. The van der Waals surface area contributed by atoms with Gasteiger partial charge in [0.2, 0.25) is 0 Å². The highest BCUT2D eigenvalue weighted by Crippen LogP contribution is 2.52. The van der Waals surface area contributed by atoms with E-state index >= 15 is 4.39 Å². The number of aromatic nitrogens is 1. The molecule has 1 aliphatic carbocycles. The van der Waals surface area contributed by atoms with Crippen molar-refractivity contribution in [2.75, 3.05) is 13.2 Å². The van der Waals surface area contributed by atoms with Gasteiger partial charge in [-0.25, -0.2) is 4.39 Å². The Morgan fingerprint density at radius 1 is 1.16 bits per heavy atom. The molecule has 1 aromatic heterocycles. The molecular weight excluding hydrogens is 491 g/mol. The van der Waals surface area contributed by atoms with Crippen LogP contribution in [0.2, 0.25) is 0 Å². The number of hydrogen-bond acceptors (Lipinski definition) is 6. The average molecular weight is 522 g/mol. The lowest BCUT2D eigenvalue weighted by Crippen LogP contribution is -2.29. The van der Waals surface area contributed by atoms with Crippen molar-refractivity contribution in [3.8, 4) is 11.5 Å². The summed E-state index contributed by atoms with van der Waals surface area (Å²) in [6.07, 6.45) is -4.94. The number of aliphatic hydroxyl groups excluding tert-OH is 2. The first-order valence-corrected chi connectivity index (χ1v) is 11.8. The molecule has 0 unspecified atom stereocenters. The van der Waals surface area contributed by atoms with Crippen molar-refractivity contribution >= 4 is 16.7 Å². The third-order valence-corrected chi connectivity index (χ3v) is 7.25. The molecule has 7 nitrogen and oxygen atoms in total. The van der Waals surface area contributed by atoms with E-state index in [0.29, 0.717) is 35.0 Å². The summed E-state index contributed by atoms with van der Waals surface area (Å²) in [4.78, 5) is 13.4. The van der Waals surface area contributed by atoms with E-state index in [-0.39, 0.29) is 35.9 Å². The van der Waals surface area contributed by atoms with Gasteiger partial charge in [-0.05, 0) is 54.3 Å². The molecule has 37 heavy (non-hydrogen) atoms. The second-order valence-electron chi connectivity index (χ2n) is 10.3. The van der Waals surface area contributed by atoms with Crippen LogP contribution in [0.3, 0.4) is 0 Å². The Morgan fingerprint density at radius 2 is 1.86 bits per heavy atom. The number of halogens is 3. The lowest BCUT2D eigenvalue weighted by atomic mass is 9.87. The van der Waals surface area contributed by atoms with Crippen LogP contribution < -0.4 is 9.47 Å². The number of Topliss-reactive ketones (excluding diaryl/α,β-unsaturated/α-hetero) is 1. The Bertz CT molecular complexity index is 1460. The molecule has 0 radical (unpaired) electrons. The first kappa shape index (κ1) is 23.1. The minimum absolute atomic E-state index is 0.106. The molecule has 1 atom stereocenters. The van der Waals surface area contributed by atoms with Gasteiger partial charge in [0.25, 0.3) is 0 Å². The van der Waals surface area contributed by atoms with Crippen molar-refractivity contribution in [1.82, 2.24) is 4.57 Å². The predicted octanol–water partition coefficient (Wildman–Crippen LogP) is 3.57. The summed E-state index contributed by atoms with van der Waals surface area (Å²) in [5, 5.41) is 30.3. The minimum Gasteiger partial charge on any atom is -0.395 e. The van der Waals surface area contributed by atoms with Gasteiger partial charge in [0.05, 0.1) is 39.5 Å². The zero-order chi connectivity index (χ0) is 28.5. The molecule has 1 aliphatic heterocycles. The van der Waals surface area contributed by atoms with Gasteiger partial charge in [0, 0.05) is 22.9 Å². The van der Waals surface area contributed by atoms with Crippen molar-refractivity contribution < 1.29 is 45.5 Å². The zero-order valence-corrected chi connectivity index (χ0v) is 20.2. The van der Waals surface area contributed by atoms with E-state index in [0.717, 1.165) is 0 Å². The maximum atomic E-state index is 15.4. The number of ether oxygens (including phenoxy) is 2. The van der Waals surface area contributed by atoms with Crippen molar-refractivity contribution in [3.63, 3.8) is 0 Å². The normalized spacial score (nSPS) is 19.5. The second kappa shape index (κ2) is 8.75. The van der Waals surface area contributed by atoms with Crippen LogP contribution in [0.5, 0.6) is 11.5 Å². The Morgan fingerprint density at radius 3 is 2.51 bits per heavy atom. The van der Waals surface area contributed by atoms with Crippen molar-refractivity contribution in [2.24, 2.45) is 0 Å². The molecule has 2 aliphatic rings. The third kappa shape index (κ3) is 4.47. The van der Waals surface area contributed by atoms with Crippen LogP contribution in [0.15, 0.2) is 36.4 Å². The Labute approximate surface area is 213 Å². The van der Waals surface area contributed by atoms with E-state index in [2.05, 4.69) is 9.47 Å². The summed E-state index contributed by atoms with van der Waals surface area (Å²) < 4.78 is 67.5. The Kier molecular flexibility index (Phi) is 5.45. The van der Waals surface area contributed by atoms with Crippen LogP contribution in [-0.4, -0.2) is 51.2 Å². The van der Waals surface area contributed by atoms with E-state index in [9.17, 15) is 28.9 Å². The van der Waals surface area contributed by atoms with Gasteiger partial charge in [-0.15, -0.1) is 8.78 Å². The second-order valence-corrected chi connectivity index (χ2v) is 10.3. The molecule has 10 heteroatoms. The highest BCUT2D eigenvalue weighted by molar-refractivity contribution is 5.95. The molecule has 2 heterocycles. The maximum Gasteiger partial charge on any atom is 0.586 e. The molecule has 198 valence electrons. The fourth-order valence-corrected chi connectivity index (χ4v) is 4.96. The number of alkyl halides is 2. The molecule has 0 amide bonds. The van der Waals surface area contributed by atoms with Crippen LogP contribution in [0.4, 0.5) is 13.2 Å². The molecule has 3 N–H and O–H groups in total.